The van der Waals surface area contributed by atoms with Crippen LogP contribution < -0.4 is 4.74 Å². The number of allylic oxidation sites excluding steroid dienone is 1. The minimum atomic E-state index is -0.461. The van der Waals surface area contributed by atoms with Crippen LogP contribution in [0.15, 0.2) is 59.0 Å². The maximum absolute atomic E-state index is 12.2. The monoisotopic (exact) mass is 397 g/mol. The van der Waals surface area contributed by atoms with Crippen LogP contribution in [0.25, 0.3) is 6.08 Å². The Kier molecular flexibility index (Phi) is 6.39. The van der Waals surface area contributed by atoms with Crippen LogP contribution >= 0.6 is 11.3 Å². The number of carbonyl (C=O) groups excluding carboxylic acids is 1. The molecule has 0 N–H and O–H groups in total. The molecule has 0 radical (unpaired) electrons. The van der Waals surface area contributed by atoms with Crippen LogP contribution in [0.2, 0.25) is 0 Å². The van der Waals surface area contributed by atoms with Gasteiger partial charge in [0.2, 0.25) is 0 Å². The number of nitro benzene ring substituents is 1. The largest absolute Gasteiger partial charge is 0.486 e. The lowest BCUT2D eigenvalue weighted by Gasteiger charge is -2.03. The van der Waals surface area contributed by atoms with E-state index in [0.29, 0.717) is 22.1 Å². The molecule has 0 unspecified atom stereocenters. The third-order valence-electron chi connectivity index (χ3n) is 3.91. The van der Waals surface area contributed by atoms with Gasteiger partial charge >= 0.3 is 0 Å². The number of aryl methyl sites for hydroxylation is 1. The molecule has 0 amide bonds. The highest BCUT2D eigenvalue weighted by Crippen LogP contribution is 2.21. The minimum Gasteiger partial charge on any atom is -0.486 e. The molecule has 0 saturated carbocycles. The first-order valence-electron chi connectivity index (χ1n) is 8.82. The predicted octanol–water partition coefficient (Wildman–Crippen LogP) is 5.68. The summed E-state index contributed by atoms with van der Waals surface area (Å²) in [5, 5.41) is 10.6. The lowest BCUT2D eigenvalue weighted by molar-refractivity contribution is -0.384. The highest BCUT2D eigenvalue weighted by Gasteiger charge is 2.08. The average molecular weight is 397 g/mol. The van der Waals surface area contributed by atoms with E-state index < -0.39 is 4.92 Å². The number of nitro groups is 1. The van der Waals surface area contributed by atoms with E-state index in [1.54, 1.807) is 18.2 Å². The molecule has 6 nitrogen and oxygen atoms in total. The third-order valence-corrected chi connectivity index (χ3v) is 5.07. The molecular formula is C21H19NO5S. The third kappa shape index (κ3) is 5.17. The average Bonchev–Trinajstić information content (AvgIpc) is 3.35. The van der Waals surface area contributed by atoms with E-state index in [0.717, 1.165) is 12.8 Å². The van der Waals surface area contributed by atoms with Gasteiger partial charge in [0.1, 0.15) is 23.9 Å². The Bertz CT molecular complexity index is 984. The van der Waals surface area contributed by atoms with Gasteiger partial charge in [0, 0.05) is 17.0 Å². The van der Waals surface area contributed by atoms with Crippen molar-refractivity contribution in [3.8, 4) is 5.75 Å². The maximum atomic E-state index is 12.2. The van der Waals surface area contributed by atoms with Crippen molar-refractivity contribution in [2.75, 3.05) is 0 Å². The van der Waals surface area contributed by atoms with Gasteiger partial charge in [-0.25, -0.2) is 0 Å². The number of nitrogens with zero attached hydrogens (tertiary/aromatic N) is 1. The van der Waals surface area contributed by atoms with Gasteiger partial charge in [0.05, 0.1) is 9.80 Å². The van der Waals surface area contributed by atoms with Crippen molar-refractivity contribution >= 4 is 28.9 Å². The number of rotatable bonds is 9. The molecule has 144 valence electrons. The topological polar surface area (TPSA) is 82.6 Å². The van der Waals surface area contributed by atoms with Gasteiger partial charge in [-0.05, 0) is 55.0 Å². The first-order chi connectivity index (χ1) is 13.5. The van der Waals surface area contributed by atoms with Gasteiger partial charge in [-0.1, -0.05) is 13.3 Å². The Morgan fingerprint density at radius 1 is 1.18 bits per heavy atom. The van der Waals surface area contributed by atoms with Crippen molar-refractivity contribution in [2.24, 2.45) is 0 Å². The smallest absolute Gasteiger partial charge is 0.269 e. The highest BCUT2D eigenvalue weighted by molar-refractivity contribution is 7.14. The van der Waals surface area contributed by atoms with Crippen LogP contribution in [0.4, 0.5) is 5.69 Å². The van der Waals surface area contributed by atoms with Gasteiger partial charge in [-0.15, -0.1) is 11.3 Å². The molecule has 7 heteroatoms. The van der Waals surface area contributed by atoms with Gasteiger partial charge in [-0.2, -0.15) is 0 Å². The lowest BCUT2D eigenvalue weighted by atomic mass is 10.2. The summed E-state index contributed by atoms with van der Waals surface area (Å²) >= 11 is 1.52. The molecular weight excluding hydrogens is 378 g/mol. The number of non-ortho nitro benzene ring substituents is 1. The molecule has 0 aliphatic rings. The second-order valence-corrected chi connectivity index (χ2v) is 7.23. The maximum Gasteiger partial charge on any atom is 0.269 e. The molecule has 0 atom stereocenters. The summed E-state index contributed by atoms with van der Waals surface area (Å²) in [7, 11) is 0. The van der Waals surface area contributed by atoms with Crippen LogP contribution in [0, 0.1) is 10.1 Å². The quantitative estimate of drug-likeness (QED) is 0.201. The standard InChI is InChI=1S/C21H19NO5S/c1-2-3-19-11-13-21(28-19)20(23)12-10-17-8-9-18(27-17)14-26-16-6-4-15(5-7-16)22(24)25/h4-13H,2-3,14H2,1H3/b12-10+. The predicted molar refractivity (Wildman–Crippen MR) is 108 cm³/mol. The number of thiophene rings is 1. The Balaban J connectivity index is 1.55. The number of hydrogen-bond donors (Lipinski definition) is 0. The van der Waals surface area contributed by atoms with E-state index in [9.17, 15) is 14.9 Å². The molecule has 2 heterocycles. The zero-order valence-electron chi connectivity index (χ0n) is 15.3. The molecule has 28 heavy (non-hydrogen) atoms. The fourth-order valence-electron chi connectivity index (χ4n) is 2.51. The second kappa shape index (κ2) is 9.14. The molecule has 1 aromatic carbocycles. The summed E-state index contributed by atoms with van der Waals surface area (Å²) in [5.74, 6) is 1.61. The van der Waals surface area contributed by atoms with Crippen molar-refractivity contribution in [3.63, 3.8) is 0 Å². The fourth-order valence-corrected chi connectivity index (χ4v) is 3.54. The van der Waals surface area contributed by atoms with E-state index in [1.165, 1.54) is 46.6 Å². The molecule has 3 rings (SSSR count). The normalized spacial score (nSPS) is 11.0. The zero-order chi connectivity index (χ0) is 19.9. The van der Waals surface area contributed by atoms with Crippen molar-refractivity contribution in [1.29, 1.82) is 0 Å². The molecule has 0 fully saturated rings. The molecule has 0 aliphatic heterocycles. The van der Waals surface area contributed by atoms with Crippen molar-refractivity contribution in [1.82, 2.24) is 0 Å². The Hall–Kier alpha value is -3.19. The van der Waals surface area contributed by atoms with Crippen LogP contribution in [0.5, 0.6) is 5.75 Å². The number of benzene rings is 1. The van der Waals surface area contributed by atoms with Crippen molar-refractivity contribution in [3.05, 3.63) is 86.0 Å². The number of hydrogen-bond acceptors (Lipinski definition) is 6. The Labute approximate surface area is 166 Å². The van der Waals surface area contributed by atoms with Crippen LogP contribution in [-0.4, -0.2) is 10.7 Å². The molecule has 3 aromatic rings. The Morgan fingerprint density at radius 3 is 2.68 bits per heavy atom. The van der Waals surface area contributed by atoms with Gasteiger partial charge in [0.25, 0.3) is 5.69 Å². The molecule has 0 saturated heterocycles. The molecule has 0 spiro atoms. The summed E-state index contributed by atoms with van der Waals surface area (Å²) in [5.41, 5.74) is 0.00925. The van der Waals surface area contributed by atoms with Crippen LogP contribution in [-0.2, 0) is 13.0 Å². The first-order valence-corrected chi connectivity index (χ1v) is 9.64. The number of furan rings is 1. The lowest BCUT2D eigenvalue weighted by Crippen LogP contribution is -1.94. The highest BCUT2D eigenvalue weighted by atomic mass is 32.1. The zero-order valence-corrected chi connectivity index (χ0v) is 16.1. The number of carbonyl (C=O) groups is 1. The van der Waals surface area contributed by atoms with Crippen LogP contribution in [0.3, 0.4) is 0 Å². The van der Waals surface area contributed by atoms with Crippen LogP contribution in [0.1, 0.15) is 39.4 Å². The van der Waals surface area contributed by atoms with Crippen molar-refractivity contribution < 1.29 is 18.9 Å². The second-order valence-electron chi connectivity index (χ2n) is 6.06. The van der Waals surface area contributed by atoms with E-state index in [2.05, 4.69) is 6.92 Å². The SMILES string of the molecule is CCCc1ccc(C(=O)/C=C/c2ccc(COc3ccc([N+](=O)[O-])cc3)o2)s1. The minimum absolute atomic E-state index is 0.00925. The summed E-state index contributed by atoms with van der Waals surface area (Å²) in [4.78, 5) is 24.3. The van der Waals surface area contributed by atoms with Gasteiger partial charge in [-0.3, -0.25) is 14.9 Å². The number of ketones is 1. The van der Waals surface area contributed by atoms with Gasteiger partial charge < -0.3 is 9.15 Å². The summed E-state index contributed by atoms with van der Waals surface area (Å²) in [6.07, 6.45) is 5.18. The van der Waals surface area contributed by atoms with E-state index in [1.807, 2.05) is 12.1 Å². The summed E-state index contributed by atoms with van der Waals surface area (Å²) < 4.78 is 11.2. The van der Waals surface area contributed by atoms with E-state index in [-0.39, 0.29) is 18.1 Å². The first kappa shape index (κ1) is 19.6. The summed E-state index contributed by atoms with van der Waals surface area (Å²) in [6.45, 7) is 2.30. The Morgan fingerprint density at radius 2 is 1.96 bits per heavy atom. The molecule has 0 bridgehead atoms. The summed E-state index contributed by atoms with van der Waals surface area (Å²) in [6, 6.07) is 13.2. The number of ether oxygens (including phenoxy) is 1. The van der Waals surface area contributed by atoms with Crippen molar-refractivity contribution in [2.45, 2.75) is 26.4 Å². The van der Waals surface area contributed by atoms with Gasteiger partial charge in [0.15, 0.2) is 5.78 Å². The molecule has 0 aliphatic carbocycles. The molecule has 2 aromatic heterocycles. The van der Waals surface area contributed by atoms with E-state index >= 15 is 0 Å². The fraction of sp³-hybridized carbons (Fsp3) is 0.190. The van der Waals surface area contributed by atoms with E-state index in [4.69, 9.17) is 9.15 Å².